The zero-order valence-corrected chi connectivity index (χ0v) is 22.1. The molecule has 10 heteroatoms. The van der Waals surface area contributed by atoms with Gasteiger partial charge < -0.3 is 24.5 Å². The third-order valence-electron chi connectivity index (χ3n) is 6.84. The molecule has 0 spiro atoms. The van der Waals surface area contributed by atoms with Gasteiger partial charge in [0.2, 0.25) is 0 Å². The highest BCUT2D eigenvalue weighted by atomic mass is 35.5. The molecule has 1 aromatic carbocycles. The van der Waals surface area contributed by atoms with E-state index in [4.69, 9.17) is 21.1 Å². The molecule has 2 aromatic rings. The predicted molar refractivity (Wildman–Crippen MR) is 139 cm³/mol. The summed E-state index contributed by atoms with van der Waals surface area (Å²) >= 11 is 6.27. The molecular weight excluding hydrogens is 498 g/mol. The molecule has 9 nitrogen and oxygen atoms in total. The standard InChI is InChI=1S/C27H32ClN3O6/c1-4-37-27(35)22-16(2)20(17(3)29-22)24(32)21-23(18-7-5-8-19(28)15-18)31(26(34)25(21)33)10-6-9-30-11-13-36-14-12-30/h5,7-8,15,23,29,32H,4,6,9-14H2,1-3H3/t23-/m1/s1. The van der Waals surface area contributed by atoms with Crippen LogP contribution in [0.5, 0.6) is 0 Å². The van der Waals surface area contributed by atoms with E-state index in [1.54, 1.807) is 45.0 Å². The van der Waals surface area contributed by atoms with Gasteiger partial charge in [-0.1, -0.05) is 23.7 Å². The van der Waals surface area contributed by atoms with Crippen LogP contribution in [0.2, 0.25) is 5.02 Å². The Morgan fingerprint density at radius 1 is 1.22 bits per heavy atom. The van der Waals surface area contributed by atoms with E-state index >= 15 is 0 Å². The maximum absolute atomic E-state index is 13.4. The number of hydrogen-bond donors (Lipinski definition) is 2. The maximum atomic E-state index is 13.4. The summed E-state index contributed by atoms with van der Waals surface area (Å²) in [6.07, 6.45) is 0.652. The van der Waals surface area contributed by atoms with Gasteiger partial charge in [0.25, 0.3) is 11.7 Å². The largest absolute Gasteiger partial charge is 0.507 e. The molecule has 37 heavy (non-hydrogen) atoms. The summed E-state index contributed by atoms with van der Waals surface area (Å²) in [5.41, 5.74) is 2.02. The number of aromatic amines is 1. The Bertz CT molecular complexity index is 1230. The lowest BCUT2D eigenvalue weighted by Crippen LogP contribution is -2.38. The lowest BCUT2D eigenvalue weighted by Gasteiger charge is -2.29. The Labute approximate surface area is 221 Å². The highest BCUT2D eigenvalue weighted by Gasteiger charge is 2.46. The van der Waals surface area contributed by atoms with Crippen LogP contribution in [-0.4, -0.2) is 83.5 Å². The number of aromatic nitrogens is 1. The van der Waals surface area contributed by atoms with Crippen LogP contribution >= 0.6 is 11.6 Å². The molecule has 2 aliphatic heterocycles. The number of nitrogens with zero attached hydrogens (tertiary/aromatic N) is 2. The Morgan fingerprint density at radius 2 is 1.95 bits per heavy atom. The van der Waals surface area contributed by atoms with Gasteiger partial charge in [0.1, 0.15) is 11.5 Å². The molecule has 2 saturated heterocycles. The van der Waals surface area contributed by atoms with Gasteiger partial charge in [-0.25, -0.2) is 4.79 Å². The number of ketones is 1. The monoisotopic (exact) mass is 529 g/mol. The van der Waals surface area contributed by atoms with Gasteiger partial charge in [0.05, 0.1) is 31.4 Å². The Morgan fingerprint density at radius 3 is 2.62 bits per heavy atom. The van der Waals surface area contributed by atoms with Crippen LogP contribution < -0.4 is 0 Å². The van der Waals surface area contributed by atoms with Crippen LogP contribution in [-0.2, 0) is 19.1 Å². The molecular formula is C27H32ClN3O6. The minimum Gasteiger partial charge on any atom is -0.507 e. The number of aliphatic hydroxyl groups excluding tert-OH is 1. The van der Waals surface area contributed by atoms with Crippen LogP contribution in [0.15, 0.2) is 29.8 Å². The number of aryl methyl sites for hydroxylation is 1. The first-order chi connectivity index (χ1) is 17.7. The number of likely N-dealkylation sites (tertiary alicyclic amines) is 1. The molecule has 0 unspecified atom stereocenters. The number of benzene rings is 1. The van der Waals surface area contributed by atoms with E-state index in [1.807, 2.05) is 0 Å². The molecule has 1 atom stereocenters. The van der Waals surface area contributed by atoms with Crippen molar-refractivity contribution in [2.75, 3.05) is 46.0 Å². The predicted octanol–water partition coefficient (Wildman–Crippen LogP) is 3.61. The zero-order chi connectivity index (χ0) is 26.7. The first-order valence-corrected chi connectivity index (χ1v) is 12.8. The van der Waals surface area contributed by atoms with E-state index < -0.39 is 23.7 Å². The highest BCUT2D eigenvalue weighted by Crippen LogP contribution is 2.41. The van der Waals surface area contributed by atoms with Crippen molar-refractivity contribution in [3.8, 4) is 0 Å². The molecule has 1 aromatic heterocycles. The van der Waals surface area contributed by atoms with Gasteiger partial charge in [-0.3, -0.25) is 14.5 Å². The van der Waals surface area contributed by atoms with E-state index in [9.17, 15) is 19.5 Å². The van der Waals surface area contributed by atoms with Crippen molar-refractivity contribution >= 4 is 35.0 Å². The number of amides is 1. The number of nitrogens with one attached hydrogen (secondary N) is 1. The van der Waals surface area contributed by atoms with Gasteiger partial charge in [-0.2, -0.15) is 0 Å². The van der Waals surface area contributed by atoms with Crippen LogP contribution in [0.3, 0.4) is 0 Å². The summed E-state index contributed by atoms with van der Waals surface area (Å²) in [5, 5.41) is 11.9. The smallest absolute Gasteiger partial charge is 0.355 e. The topological polar surface area (TPSA) is 112 Å². The fourth-order valence-corrected chi connectivity index (χ4v) is 5.27. The molecule has 3 heterocycles. The number of morpholine rings is 1. The van der Waals surface area contributed by atoms with Crippen molar-refractivity contribution in [2.24, 2.45) is 0 Å². The Kier molecular flexibility index (Phi) is 8.36. The lowest BCUT2D eigenvalue weighted by atomic mass is 9.94. The third kappa shape index (κ3) is 5.44. The van der Waals surface area contributed by atoms with Crippen LogP contribution in [0.1, 0.15) is 52.3 Å². The zero-order valence-electron chi connectivity index (χ0n) is 21.3. The first-order valence-electron chi connectivity index (χ1n) is 12.4. The maximum Gasteiger partial charge on any atom is 0.355 e. The number of esters is 1. The summed E-state index contributed by atoms with van der Waals surface area (Å²) in [4.78, 5) is 45.7. The van der Waals surface area contributed by atoms with E-state index in [0.717, 1.165) is 19.6 Å². The fraction of sp³-hybridized carbons (Fsp3) is 0.444. The second-order valence-electron chi connectivity index (χ2n) is 9.20. The number of carbonyl (C=O) groups is 3. The van der Waals surface area contributed by atoms with E-state index in [-0.39, 0.29) is 23.6 Å². The van der Waals surface area contributed by atoms with Crippen molar-refractivity contribution in [3.05, 3.63) is 62.9 Å². The van der Waals surface area contributed by atoms with Crippen molar-refractivity contribution in [3.63, 3.8) is 0 Å². The lowest BCUT2D eigenvalue weighted by molar-refractivity contribution is -0.140. The molecule has 0 aliphatic carbocycles. The van der Waals surface area contributed by atoms with E-state index in [2.05, 4.69) is 9.88 Å². The molecule has 2 N–H and O–H groups in total. The fourth-order valence-electron chi connectivity index (χ4n) is 5.07. The minimum absolute atomic E-state index is 0.0285. The molecule has 0 radical (unpaired) electrons. The van der Waals surface area contributed by atoms with Gasteiger partial charge in [0.15, 0.2) is 0 Å². The molecule has 1 amide bonds. The average molecular weight is 530 g/mol. The quantitative estimate of drug-likeness (QED) is 0.232. The van der Waals surface area contributed by atoms with E-state index in [0.29, 0.717) is 53.6 Å². The van der Waals surface area contributed by atoms with Gasteiger partial charge >= 0.3 is 5.97 Å². The van der Waals surface area contributed by atoms with Gasteiger partial charge in [-0.15, -0.1) is 0 Å². The van der Waals surface area contributed by atoms with Crippen molar-refractivity contribution in [1.29, 1.82) is 0 Å². The average Bonchev–Trinajstić information content (AvgIpc) is 3.32. The highest BCUT2D eigenvalue weighted by molar-refractivity contribution is 6.46. The number of carbonyl (C=O) groups excluding carboxylic acids is 3. The molecule has 0 bridgehead atoms. The number of Topliss-reactive ketones (excluding diaryl/α,β-unsaturated/α-hetero) is 1. The SMILES string of the molecule is CCOC(=O)c1[nH]c(C)c(C(O)=C2C(=O)C(=O)N(CCCN3CCOCC3)[C@@H]2c2cccc(Cl)c2)c1C. The third-order valence-corrected chi connectivity index (χ3v) is 7.07. The van der Waals surface area contributed by atoms with Crippen molar-refractivity contribution in [1.82, 2.24) is 14.8 Å². The second-order valence-corrected chi connectivity index (χ2v) is 9.64. The number of H-pyrrole nitrogens is 1. The first kappa shape index (κ1) is 26.9. The van der Waals surface area contributed by atoms with Gasteiger partial charge in [-0.05, 0) is 50.5 Å². The molecule has 2 aliphatic rings. The minimum atomic E-state index is -0.817. The molecule has 4 rings (SSSR count). The number of aliphatic hydroxyl groups is 1. The summed E-state index contributed by atoms with van der Waals surface area (Å²) in [6.45, 7) is 9.35. The summed E-state index contributed by atoms with van der Waals surface area (Å²) < 4.78 is 10.5. The van der Waals surface area contributed by atoms with Crippen LogP contribution in [0.4, 0.5) is 0 Å². The molecule has 0 saturated carbocycles. The summed E-state index contributed by atoms with van der Waals surface area (Å²) in [6, 6.07) is 6.12. The summed E-state index contributed by atoms with van der Waals surface area (Å²) in [7, 11) is 0. The molecule has 2 fully saturated rings. The second kappa shape index (κ2) is 11.5. The normalized spacial score (nSPS) is 20.0. The van der Waals surface area contributed by atoms with Crippen LogP contribution in [0.25, 0.3) is 5.76 Å². The van der Waals surface area contributed by atoms with Crippen molar-refractivity contribution < 1.29 is 29.0 Å². The number of halogens is 1. The van der Waals surface area contributed by atoms with E-state index in [1.165, 1.54) is 4.90 Å². The van der Waals surface area contributed by atoms with Crippen LogP contribution in [0, 0.1) is 13.8 Å². The Hall–Kier alpha value is -3.14. The Balaban J connectivity index is 1.74. The summed E-state index contributed by atoms with van der Waals surface area (Å²) in [5.74, 6) is -2.34. The number of ether oxygens (including phenoxy) is 2. The van der Waals surface area contributed by atoms with Crippen molar-refractivity contribution in [2.45, 2.75) is 33.2 Å². The molecule has 198 valence electrons. The number of rotatable bonds is 8. The van der Waals surface area contributed by atoms with Gasteiger partial charge in [0, 0.05) is 42.5 Å². The number of hydrogen-bond acceptors (Lipinski definition) is 7.